The Kier molecular flexibility index (Phi) is 3.84. The Morgan fingerprint density at radius 2 is 1.85 bits per heavy atom. The summed E-state index contributed by atoms with van der Waals surface area (Å²) in [6.07, 6.45) is 4.54. The Labute approximate surface area is 152 Å². The van der Waals surface area contributed by atoms with E-state index in [1.165, 1.54) is 12.4 Å². The number of hydrogen-bond acceptors (Lipinski definition) is 6. The normalized spacial score (nSPS) is 11.1. The van der Waals surface area contributed by atoms with Crippen LogP contribution >= 0.6 is 0 Å². The minimum Gasteiger partial charge on any atom is -0.450 e. The maximum atomic E-state index is 14.6. The van der Waals surface area contributed by atoms with Gasteiger partial charge >= 0.3 is 0 Å². The number of nitrogens with two attached hydrogens (primary N) is 2. The fourth-order valence-corrected chi connectivity index (χ4v) is 2.82. The Morgan fingerprint density at radius 3 is 2.56 bits per heavy atom. The van der Waals surface area contributed by atoms with Crippen molar-refractivity contribution in [3.8, 4) is 22.6 Å². The summed E-state index contributed by atoms with van der Waals surface area (Å²) in [5, 5.41) is 0.650. The maximum Gasteiger partial charge on any atom is 0.221 e. The van der Waals surface area contributed by atoms with Crippen molar-refractivity contribution in [3.05, 3.63) is 54.0 Å². The van der Waals surface area contributed by atoms with Crippen LogP contribution in [0.3, 0.4) is 0 Å². The molecular formula is C18H14F2N6O. The third-order valence-electron chi connectivity index (χ3n) is 4.09. The highest BCUT2D eigenvalue weighted by Crippen LogP contribution is 2.36. The number of nitrogens with one attached hydrogen (secondary N) is 1. The van der Waals surface area contributed by atoms with Crippen LogP contribution in [0.25, 0.3) is 22.2 Å². The van der Waals surface area contributed by atoms with Gasteiger partial charge in [0.05, 0.1) is 5.39 Å². The van der Waals surface area contributed by atoms with Crippen LogP contribution in [-0.2, 0) is 0 Å². The zero-order valence-corrected chi connectivity index (χ0v) is 14.1. The van der Waals surface area contributed by atoms with E-state index in [1.807, 2.05) is 6.92 Å². The van der Waals surface area contributed by atoms with Gasteiger partial charge in [-0.2, -0.15) is 4.98 Å². The number of halogens is 2. The predicted molar refractivity (Wildman–Crippen MR) is 97.1 cm³/mol. The molecule has 0 saturated carbocycles. The molecule has 0 atom stereocenters. The molecular weight excluding hydrogens is 354 g/mol. The number of rotatable bonds is 3. The number of aromatic nitrogens is 4. The van der Waals surface area contributed by atoms with E-state index in [2.05, 4.69) is 19.9 Å². The van der Waals surface area contributed by atoms with Crippen molar-refractivity contribution in [2.45, 2.75) is 6.92 Å². The van der Waals surface area contributed by atoms with Crippen molar-refractivity contribution in [1.82, 2.24) is 19.9 Å². The van der Waals surface area contributed by atoms with Gasteiger partial charge in [-0.25, -0.2) is 18.7 Å². The zero-order valence-electron chi connectivity index (χ0n) is 14.1. The molecule has 27 heavy (non-hydrogen) atoms. The minimum atomic E-state index is -0.889. The van der Waals surface area contributed by atoms with Gasteiger partial charge in [0.25, 0.3) is 0 Å². The van der Waals surface area contributed by atoms with Crippen molar-refractivity contribution in [3.63, 3.8) is 0 Å². The molecule has 0 amide bonds. The first-order valence-corrected chi connectivity index (χ1v) is 7.92. The largest absolute Gasteiger partial charge is 0.450 e. The second-order valence-electron chi connectivity index (χ2n) is 5.90. The molecule has 0 aliphatic rings. The predicted octanol–water partition coefficient (Wildman–Crippen LogP) is 3.56. The molecule has 4 aromatic rings. The van der Waals surface area contributed by atoms with Gasteiger partial charge in [0.15, 0.2) is 17.4 Å². The summed E-state index contributed by atoms with van der Waals surface area (Å²) in [7, 11) is 0. The fourth-order valence-electron chi connectivity index (χ4n) is 2.82. The number of pyridine rings is 1. The number of benzene rings is 1. The molecule has 3 heterocycles. The molecule has 7 nitrogen and oxygen atoms in total. The van der Waals surface area contributed by atoms with Gasteiger partial charge in [0.2, 0.25) is 5.95 Å². The smallest absolute Gasteiger partial charge is 0.221 e. The average molecular weight is 368 g/mol. The van der Waals surface area contributed by atoms with E-state index in [0.29, 0.717) is 16.8 Å². The molecule has 0 aliphatic heterocycles. The average Bonchev–Trinajstić information content (AvgIpc) is 3.00. The molecule has 0 fully saturated rings. The standard InChI is InChI=1S/C18H14F2N6O/c1-8-6-24-17-14(8)13(2-3-23-17)27-15-11(19)4-9(5-12(15)20)10-7-25-18(22)26-16(10)21/h2-7H,1H3,(H,23,24)(H4,21,22,25,26). The molecule has 0 unspecified atom stereocenters. The van der Waals surface area contributed by atoms with Crippen molar-refractivity contribution in [2.24, 2.45) is 0 Å². The van der Waals surface area contributed by atoms with E-state index in [4.69, 9.17) is 16.2 Å². The lowest BCUT2D eigenvalue weighted by Crippen LogP contribution is -2.02. The van der Waals surface area contributed by atoms with E-state index in [0.717, 1.165) is 17.7 Å². The number of nitrogen functional groups attached to an aromatic ring is 2. The second kappa shape index (κ2) is 6.20. The first-order valence-electron chi connectivity index (χ1n) is 7.92. The van der Waals surface area contributed by atoms with Crippen molar-refractivity contribution < 1.29 is 13.5 Å². The van der Waals surface area contributed by atoms with Gasteiger partial charge in [0.1, 0.15) is 17.2 Å². The highest BCUT2D eigenvalue weighted by molar-refractivity contribution is 5.86. The topological polar surface area (TPSA) is 116 Å². The van der Waals surface area contributed by atoms with Crippen molar-refractivity contribution >= 4 is 22.8 Å². The van der Waals surface area contributed by atoms with Gasteiger partial charge in [-0.05, 0) is 36.2 Å². The Balaban J connectivity index is 1.77. The van der Waals surface area contributed by atoms with E-state index >= 15 is 0 Å². The van der Waals surface area contributed by atoms with E-state index < -0.39 is 17.4 Å². The molecule has 0 bridgehead atoms. The number of aromatic amines is 1. The zero-order chi connectivity index (χ0) is 19.1. The van der Waals surface area contributed by atoms with Gasteiger partial charge in [-0.1, -0.05) is 0 Å². The number of hydrogen-bond donors (Lipinski definition) is 3. The van der Waals surface area contributed by atoms with Crippen LogP contribution in [0.1, 0.15) is 5.56 Å². The van der Waals surface area contributed by atoms with E-state index in [9.17, 15) is 8.78 Å². The molecule has 4 rings (SSSR count). The van der Waals surface area contributed by atoms with Gasteiger partial charge in [-0.15, -0.1) is 0 Å². The summed E-state index contributed by atoms with van der Waals surface area (Å²) >= 11 is 0. The summed E-state index contributed by atoms with van der Waals surface area (Å²) in [5.41, 5.74) is 13.1. The number of aryl methyl sites for hydroxylation is 1. The van der Waals surface area contributed by atoms with Crippen LogP contribution in [0.15, 0.2) is 36.8 Å². The lowest BCUT2D eigenvalue weighted by atomic mass is 10.1. The number of ether oxygens (including phenoxy) is 1. The number of H-pyrrole nitrogens is 1. The Hall–Kier alpha value is -3.75. The lowest BCUT2D eigenvalue weighted by molar-refractivity contribution is 0.411. The third-order valence-corrected chi connectivity index (χ3v) is 4.09. The molecule has 5 N–H and O–H groups in total. The van der Waals surface area contributed by atoms with Crippen LogP contribution < -0.4 is 16.2 Å². The highest BCUT2D eigenvalue weighted by Gasteiger charge is 2.18. The molecule has 3 aromatic heterocycles. The summed E-state index contributed by atoms with van der Waals surface area (Å²) in [6.45, 7) is 1.84. The quantitative estimate of drug-likeness (QED) is 0.509. The van der Waals surface area contributed by atoms with Gasteiger partial charge < -0.3 is 21.2 Å². The third kappa shape index (κ3) is 2.88. The van der Waals surface area contributed by atoms with Crippen molar-refractivity contribution in [1.29, 1.82) is 0 Å². The van der Waals surface area contributed by atoms with Crippen LogP contribution in [0.4, 0.5) is 20.5 Å². The molecule has 0 spiro atoms. The molecule has 0 saturated heterocycles. The molecule has 136 valence electrons. The highest BCUT2D eigenvalue weighted by atomic mass is 19.1. The molecule has 9 heteroatoms. The second-order valence-corrected chi connectivity index (χ2v) is 5.90. The molecule has 1 aromatic carbocycles. The van der Waals surface area contributed by atoms with Crippen LogP contribution in [0, 0.1) is 18.6 Å². The van der Waals surface area contributed by atoms with Crippen LogP contribution in [-0.4, -0.2) is 19.9 Å². The Morgan fingerprint density at radius 1 is 1.11 bits per heavy atom. The molecule has 0 aliphatic carbocycles. The summed E-state index contributed by atoms with van der Waals surface area (Å²) in [4.78, 5) is 14.7. The number of fused-ring (bicyclic) bond motifs is 1. The van der Waals surface area contributed by atoms with Gasteiger partial charge in [0, 0.05) is 24.2 Å². The minimum absolute atomic E-state index is 0.0220. The van der Waals surface area contributed by atoms with Crippen molar-refractivity contribution in [2.75, 3.05) is 11.5 Å². The van der Waals surface area contributed by atoms with Crippen LogP contribution in [0.2, 0.25) is 0 Å². The lowest BCUT2D eigenvalue weighted by Gasteiger charge is -2.12. The SMILES string of the molecule is Cc1c[nH]c2nccc(Oc3c(F)cc(-c4cnc(N)nc4N)cc3F)c12. The first kappa shape index (κ1) is 16.7. The summed E-state index contributed by atoms with van der Waals surface area (Å²) in [6, 6.07) is 3.75. The summed E-state index contributed by atoms with van der Waals surface area (Å²) < 4.78 is 34.8. The number of nitrogens with zero attached hydrogens (tertiary/aromatic N) is 3. The van der Waals surface area contributed by atoms with E-state index in [1.54, 1.807) is 12.3 Å². The fraction of sp³-hybridized carbons (Fsp3) is 0.0556. The van der Waals surface area contributed by atoms with E-state index in [-0.39, 0.29) is 22.9 Å². The van der Waals surface area contributed by atoms with Crippen LogP contribution in [0.5, 0.6) is 11.5 Å². The Bertz CT molecular complexity index is 1150. The van der Waals surface area contributed by atoms with Gasteiger partial charge in [-0.3, -0.25) is 0 Å². The summed E-state index contributed by atoms with van der Waals surface area (Å²) in [5.74, 6) is -2.02. The number of anilines is 2. The molecule has 0 radical (unpaired) electrons. The first-order chi connectivity index (χ1) is 12.9. The maximum absolute atomic E-state index is 14.6. The monoisotopic (exact) mass is 368 g/mol.